The SMILES string of the molecule is COc1cc(C(=O)COc2c(OC)cccc2OC)cc(OC)c1OC. The molecule has 0 aliphatic rings. The lowest BCUT2D eigenvalue weighted by Gasteiger charge is -2.15. The third-order valence-corrected chi connectivity index (χ3v) is 3.72. The third-order valence-electron chi connectivity index (χ3n) is 3.72. The van der Waals surface area contributed by atoms with E-state index in [4.69, 9.17) is 28.4 Å². The van der Waals surface area contributed by atoms with Gasteiger partial charge in [0, 0.05) is 5.56 Å². The van der Waals surface area contributed by atoms with Gasteiger partial charge in [-0.2, -0.15) is 0 Å². The molecule has 0 saturated heterocycles. The molecular formula is C19H22O7. The largest absolute Gasteiger partial charge is 0.493 e. The summed E-state index contributed by atoms with van der Waals surface area (Å²) in [6, 6.07) is 8.37. The molecule has 0 amide bonds. The first-order valence-electron chi connectivity index (χ1n) is 7.76. The molecule has 0 aliphatic carbocycles. The highest BCUT2D eigenvalue weighted by Gasteiger charge is 2.19. The summed E-state index contributed by atoms with van der Waals surface area (Å²) in [6.45, 7) is -0.213. The third kappa shape index (κ3) is 3.93. The van der Waals surface area contributed by atoms with Gasteiger partial charge in [-0.3, -0.25) is 4.79 Å². The number of hydrogen-bond acceptors (Lipinski definition) is 7. The van der Waals surface area contributed by atoms with E-state index in [1.54, 1.807) is 30.3 Å². The Balaban J connectivity index is 2.26. The summed E-state index contributed by atoms with van der Waals surface area (Å²) in [4.78, 5) is 12.6. The summed E-state index contributed by atoms with van der Waals surface area (Å²) in [5, 5.41) is 0. The monoisotopic (exact) mass is 362 g/mol. The van der Waals surface area contributed by atoms with Crippen molar-refractivity contribution >= 4 is 5.78 Å². The van der Waals surface area contributed by atoms with E-state index in [0.717, 1.165) is 0 Å². The van der Waals surface area contributed by atoms with Crippen LogP contribution >= 0.6 is 0 Å². The second-order valence-corrected chi connectivity index (χ2v) is 5.12. The number of ether oxygens (including phenoxy) is 6. The highest BCUT2D eigenvalue weighted by molar-refractivity contribution is 5.98. The molecule has 0 N–H and O–H groups in total. The maximum atomic E-state index is 12.6. The number of carbonyl (C=O) groups excluding carboxylic acids is 1. The molecule has 0 spiro atoms. The maximum absolute atomic E-state index is 12.6. The molecule has 140 valence electrons. The summed E-state index contributed by atoms with van der Waals surface area (Å²) in [7, 11) is 7.51. The lowest BCUT2D eigenvalue weighted by atomic mass is 10.1. The number of benzene rings is 2. The Hall–Kier alpha value is -3.09. The van der Waals surface area contributed by atoms with Crippen molar-refractivity contribution < 1.29 is 33.2 Å². The highest BCUT2D eigenvalue weighted by atomic mass is 16.5. The molecule has 2 rings (SSSR count). The van der Waals surface area contributed by atoms with Crippen LogP contribution in [0.3, 0.4) is 0 Å². The first-order chi connectivity index (χ1) is 12.6. The molecule has 0 unspecified atom stereocenters. The van der Waals surface area contributed by atoms with E-state index in [2.05, 4.69) is 0 Å². The Bertz CT molecular complexity index is 723. The van der Waals surface area contributed by atoms with Crippen LogP contribution in [0.25, 0.3) is 0 Å². The van der Waals surface area contributed by atoms with Crippen molar-refractivity contribution in [3.8, 4) is 34.5 Å². The summed E-state index contributed by atoms with van der Waals surface area (Å²) >= 11 is 0. The van der Waals surface area contributed by atoms with Gasteiger partial charge < -0.3 is 28.4 Å². The van der Waals surface area contributed by atoms with Crippen molar-refractivity contribution in [3.63, 3.8) is 0 Å². The van der Waals surface area contributed by atoms with E-state index in [1.165, 1.54) is 35.5 Å². The Kier molecular flexibility index (Phi) is 6.54. The minimum Gasteiger partial charge on any atom is -0.493 e. The molecule has 7 nitrogen and oxygen atoms in total. The van der Waals surface area contributed by atoms with Crippen LogP contribution in [0.15, 0.2) is 30.3 Å². The van der Waals surface area contributed by atoms with Crippen LogP contribution in [0.2, 0.25) is 0 Å². The first-order valence-corrected chi connectivity index (χ1v) is 7.76. The number of ketones is 1. The van der Waals surface area contributed by atoms with Crippen LogP contribution in [0.4, 0.5) is 0 Å². The summed E-state index contributed by atoms with van der Waals surface area (Å²) < 4.78 is 32.0. The zero-order valence-electron chi connectivity index (χ0n) is 15.5. The minimum absolute atomic E-state index is 0.213. The van der Waals surface area contributed by atoms with Crippen molar-refractivity contribution in [1.82, 2.24) is 0 Å². The zero-order valence-corrected chi connectivity index (χ0v) is 15.5. The zero-order chi connectivity index (χ0) is 19.1. The van der Waals surface area contributed by atoms with E-state index in [0.29, 0.717) is 40.1 Å². The molecule has 0 aromatic heterocycles. The van der Waals surface area contributed by atoms with Crippen molar-refractivity contribution in [2.24, 2.45) is 0 Å². The molecule has 0 heterocycles. The van der Waals surface area contributed by atoms with Gasteiger partial charge in [-0.05, 0) is 24.3 Å². The van der Waals surface area contributed by atoms with Gasteiger partial charge in [0.05, 0.1) is 35.5 Å². The van der Waals surface area contributed by atoms with Crippen molar-refractivity contribution in [2.75, 3.05) is 42.2 Å². The van der Waals surface area contributed by atoms with Gasteiger partial charge in [0.15, 0.2) is 35.4 Å². The van der Waals surface area contributed by atoms with E-state index in [-0.39, 0.29) is 12.4 Å². The summed E-state index contributed by atoms with van der Waals surface area (Å²) in [5.41, 5.74) is 0.369. The van der Waals surface area contributed by atoms with Crippen LogP contribution in [0.1, 0.15) is 10.4 Å². The average Bonchev–Trinajstić information content (AvgIpc) is 2.70. The molecular weight excluding hydrogens is 340 g/mol. The summed E-state index contributed by atoms with van der Waals surface area (Å²) in [6.07, 6.45) is 0. The van der Waals surface area contributed by atoms with Crippen molar-refractivity contribution in [1.29, 1.82) is 0 Å². The Labute approximate surface area is 152 Å². The van der Waals surface area contributed by atoms with Gasteiger partial charge in [0.1, 0.15) is 0 Å². The topological polar surface area (TPSA) is 72.5 Å². The predicted molar refractivity (Wildman–Crippen MR) is 95.5 cm³/mol. The average molecular weight is 362 g/mol. The number of Topliss-reactive ketones (excluding diaryl/α,β-unsaturated/α-hetero) is 1. The Morgan fingerprint density at radius 1 is 0.731 bits per heavy atom. The normalized spacial score (nSPS) is 10.0. The van der Waals surface area contributed by atoms with Crippen molar-refractivity contribution in [2.45, 2.75) is 0 Å². The number of hydrogen-bond donors (Lipinski definition) is 0. The molecule has 26 heavy (non-hydrogen) atoms. The molecule has 0 fully saturated rings. The molecule has 0 bridgehead atoms. The number of rotatable bonds is 9. The van der Waals surface area contributed by atoms with Crippen LogP contribution in [0.5, 0.6) is 34.5 Å². The van der Waals surface area contributed by atoms with E-state index >= 15 is 0 Å². The molecule has 0 saturated carbocycles. The Morgan fingerprint density at radius 2 is 1.23 bits per heavy atom. The number of methoxy groups -OCH3 is 5. The van der Waals surface area contributed by atoms with Crippen LogP contribution in [-0.2, 0) is 0 Å². The predicted octanol–water partition coefficient (Wildman–Crippen LogP) is 2.99. The van der Waals surface area contributed by atoms with Crippen molar-refractivity contribution in [3.05, 3.63) is 35.9 Å². The van der Waals surface area contributed by atoms with E-state index in [1.807, 2.05) is 0 Å². The molecule has 0 radical (unpaired) electrons. The van der Waals surface area contributed by atoms with Gasteiger partial charge >= 0.3 is 0 Å². The smallest absolute Gasteiger partial charge is 0.203 e. The second kappa shape index (κ2) is 8.84. The molecule has 0 atom stereocenters. The van der Waals surface area contributed by atoms with Crippen LogP contribution < -0.4 is 28.4 Å². The lowest BCUT2D eigenvalue weighted by molar-refractivity contribution is 0.0916. The number of para-hydroxylation sites is 1. The fraction of sp³-hybridized carbons (Fsp3) is 0.316. The number of carbonyl (C=O) groups is 1. The minimum atomic E-state index is -0.266. The van der Waals surface area contributed by atoms with Gasteiger partial charge in [0.2, 0.25) is 11.5 Å². The summed E-state index contributed by atoms with van der Waals surface area (Å²) in [5.74, 6) is 2.24. The Morgan fingerprint density at radius 3 is 1.65 bits per heavy atom. The molecule has 0 aliphatic heterocycles. The maximum Gasteiger partial charge on any atom is 0.203 e. The van der Waals surface area contributed by atoms with Crippen LogP contribution in [0, 0.1) is 0 Å². The van der Waals surface area contributed by atoms with E-state index < -0.39 is 0 Å². The van der Waals surface area contributed by atoms with E-state index in [9.17, 15) is 4.79 Å². The molecule has 2 aromatic carbocycles. The quantitative estimate of drug-likeness (QED) is 0.635. The lowest BCUT2D eigenvalue weighted by Crippen LogP contribution is -2.13. The second-order valence-electron chi connectivity index (χ2n) is 5.12. The fourth-order valence-electron chi connectivity index (χ4n) is 2.42. The fourth-order valence-corrected chi connectivity index (χ4v) is 2.42. The van der Waals surface area contributed by atoms with Crippen LogP contribution in [-0.4, -0.2) is 47.9 Å². The van der Waals surface area contributed by atoms with Gasteiger partial charge in [-0.15, -0.1) is 0 Å². The standard InChI is InChI=1S/C19H22O7/c1-21-14-7-6-8-15(22-2)19(14)26-11-13(20)12-9-16(23-3)18(25-5)17(10-12)24-4/h6-10H,11H2,1-5H3. The van der Waals surface area contributed by atoms with Gasteiger partial charge in [-0.25, -0.2) is 0 Å². The molecule has 7 heteroatoms. The highest BCUT2D eigenvalue weighted by Crippen LogP contribution is 2.39. The van der Waals surface area contributed by atoms with Gasteiger partial charge in [0.25, 0.3) is 0 Å². The first kappa shape index (κ1) is 19.2. The molecule has 2 aromatic rings. The van der Waals surface area contributed by atoms with Gasteiger partial charge in [-0.1, -0.05) is 6.07 Å².